The first-order valence-electron chi connectivity index (χ1n) is 4.86. The Morgan fingerprint density at radius 3 is 2.71 bits per heavy atom. The number of aromatic nitrogens is 1. The predicted molar refractivity (Wildman–Crippen MR) is 71.7 cm³/mol. The van der Waals surface area contributed by atoms with Gasteiger partial charge in [-0.1, -0.05) is 33.6 Å². The summed E-state index contributed by atoms with van der Waals surface area (Å²) in [5.41, 5.74) is 0.909. The maximum absolute atomic E-state index is 8.10. The van der Waals surface area contributed by atoms with E-state index in [-0.39, 0.29) is 11.3 Å². The summed E-state index contributed by atoms with van der Waals surface area (Å²) in [6.07, 6.45) is 1.68. The van der Waals surface area contributed by atoms with Crippen LogP contribution in [-0.4, -0.2) is 10.4 Å². The average Bonchev–Trinajstić information content (AvgIpc) is 2.32. The van der Waals surface area contributed by atoms with Crippen molar-refractivity contribution in [1.82, 2.24) is 4.57 Å². The van der Waals surface area contributed by atoms with Gasteiger partial charge in [0.05, 0.1) is 0 Å². The molecule has 0 bridgehead atoms. The van der Waals surface area contributed by atoms with Gasteiger partial charge in [-0.3, -0.25) is 15.4 Å². The Bertz CT molecular complexity index is 634. The second kappa shape index (κ2) is 4.85. The molecule has 86 valence electrons. The Morgan fingerprint density at radius 2 is 2.00 bits per heavy atom. The van der Waals surface area contributed by atoms with Gasteiger partial charge in [0.15, 0.2) is 0 Å². The summed E-state index contributed by atoms with van der Waals surface area (Å²) in [6.45, 7) is 0. The molecular weight excluding hydrogens is 302 g/mol. The zero-order valence-corrected chi connectivity index (χ0v) is 11.1. The van der Waals surface area contributed by atoms with Crippen molar-refractivity contribution in [2.45, 2.75) is 0 Å². The average molecular weight is 311 g/mol. The fraction of sp³-hybridized carbons (Fsp3) is 0. The monoisotopic (exact) mass is 309 g/mol. The fourth-order valence-corrected chi connectivity index (χ4v) is 2.05. The van der Waals surface area contributed by atoms with Crippen LogP contribution < -0.4 is 5.49 Å². The van der Waals surface area contributed by atoms with Crippen LogP contribution in [0.15, 0.2) is 47.1 Å². The standard InChI is InChI=1S/C12H9BrClN3/c13-10-5-4-8(14)7-9(10)12(16)17-6-2-1-3-11(17)15/h1-7,15-16H. The molecule has 1 aromatic carbocycles. The highest BCUT2D eigenvalue weighted by Crippen LogP contribution is 2.21. The summed E-state index contributed by atoms with van der Waals surface area (Å²) < 4.78 is 2.26. The lowest BCUT2D eigenvalue weighted by Gasteiger charge is -2.10. The SMILES string of the molecule is N=C(c1cc(Cl)ccc1Br)n1ccccc1=N. The van der Waals surface area contributed by atoms with Gasteiger partial charge >= 0.3 is 0 Å². The first-order valence-corrected chi connectivity index (χ1v) is 6.03. The van der Waals surface area contributed by atoms with Gasteiger partial charge in [0, 0.05) is 21.3 Å². The van der Waals surface area contributed by atoms with Crippen LogP contribution in [0.5, 0.6) is 0 Å². The molecule has 3 nitrogen and oxygen atoms in total. The highest BCUT2D eigenvalue weighted by Gasteiger charge is 2.08. The summed E-state index contributed by atoms with van der Waals surface area (Å²) >= 11 is 9.29. The molecule has 0 aliphatic rings. The van der Waals surface area contributed by atoms with Gasteiger partial charge in [0.1, 0.15) is 11.3 Å². The first-order chi connectivity index (χ1) is 8.09. The van der Waals surface area contributed by atoms with Crippen molar-refractivity contribution in [3.8, 4) is 0 Å². The predicted octanol–water partition coefficient (Wildman–Crippen LogP) is 3.26. The summed E-state index contributed by atoms with van der Waals surface area (Å²) in [5, 5.41) is 16.4. The minimum absolute atomic E-state index is 0.213. The van der Waals surface area contributed by atoms with Crippen LogP contribution in [0.2, 0.25) is 5.02 Å². The van der Waals surface area contributed by atoms with Crippen LogP contribution in [0.1, 0.15) is 5.56 Å². The molecule has 0 saturated heterocycles. The van der Waals surface area contributed by atoms with E-state index in [0.29, 0.717) is 10.6 Å². The van der Waals surface area contributed by atoms with Crippen molar-refractivity contribution in [1.29, 1.82) is 10.8 Å². The minimum Gasteiger partial charge on any atom is -0.286 e. The maximum Gasteiger partial charge on any atom is 0.139 e. The molecule has 0 radical (unpaired) electrons. The summed E-state index contributed by atoms with van der Waals surface area (Å²) in [6, 6.07) is 10.4. The molecule has 0 aliphatic heterocycles. The van der Waals surface area contributed by atoms with Gasteiger partial charge in [-0.15, -0.1) is 0 Å². The van der Waals surface area contributed by atoms with E-state index >= 15 is 0 Å². The second-order valence-electron chi connectivity index (χ2n) is 3.43. The van der Waals surface area contributed by atoms with Crippen LogP contribution in [0, 0.1) is 10.8 Å². The Labute approximate surface area is 112 Å². The summed E-state index contributed by atoms with van der Waals surface area (Å²) in [7, 11) is 0. The van der Waals surface area contributed by atoms with E-state index in [1.54, 1.807) is 42.6 Å². The van der Waals surface area contributed by atoms with Gasteiger partial charge in [-0.25, -0.2) is 0 Å². The van der Waals surface area contributed by atoms with Crippen LogP contribution in [0.25, 0.3) is 0 Å². The number of hydrogen-bond acceptors (Lipinski definition) is 2. The molecule has 0 spiro atoms. The van der Waals surface area contributed by atoms with Gasteiger partial charge in [-0.05, 0) is 30.3 Å². The molecule has 0 amide bonds. The molecule has 2 N–H and O–H groups in total. The van der Waals surface area contributed by atoms with Crippen molar-refractivity contribution in [3.05, 3.63) is 63.1 Å². The molecule has 2 rings (SSSR count). The molecule has 0 atom stereocenters. The van der Waals surface area contributed by atoms with Crippen LogP contribution in [-0.2, 0) is 0 Å². The fourth-order valence-electron chi connectivity index (χ4n) is 1.45. The van der Waals surface area contributed by atoms with Gasteiger partial charge in [-0.2, -0.15) is 0 Å². The van der Waals surface area contributed by atoms with Crippen molar-refractivity contribution in [2.75, 3.05) is 0 Å². The first kappa shape index (κ1) is 12.1. The lowest BCUT2D eigenvalue weighted by molar-refractivity contribution is 0.963. The molecule has 1 heterocycles. The third-order valence-corrected chi connectivity index (χ3v) is 3.21. The third kappa shape index (κ3) is 2.48. The minimum atomic E-state index is 0.213. The van der Waals surface area contributed by atoms with E-state index in [1.807, 2.05) is 0 Å². The quantitative estimate of drug-likeness (QED) is 0.600. The molecule has 17 heavy (non-hydrogen) atoms. The number of pyridine rings is 1. The third-order valence-electron chi connectivity index (χ3n) is 2.28. The Kier molecular flexibility index (Phi) is 3.45. The lowest BCUT2D eigenvalue weighted by Crippen LogP contribution is -2.26. The van der Waals surface area contributed by atoms with Crippen LogP contribution in [0.3, 0.4) is 0 Å². The zero-order valence-electron chi connectivity index (χ0n) is 8.74. The molecule has 1 aromatic heterocycles. The van der Waals surface area contributed by atoms with Gasteiger partial charge in [0.2, 0.25) is 0 Å². The van der Waals surface area contributed by atoms with E-state index in [4.69, 9.17) is 22.4 Å². The number of halogens is 2. The largest absolute Gasteiger partial charge is 0.286 e. The van der Waals surface area contributed by atoms with Gasteiger partial charge < -0.3 is 0 Å². The normalized spacial score (nSPS) is 10.2. The van der Waals surface area contributed by atoms with E-state index in [2.05, 4.69) is 15.9 Å². The molecule has 2 aromatic rings. The van der Waals surface area contributed by atoms with E-state index < -0.39 is 0 Å². The van der Waals surface area contributed by atoms with Crippen molar-refractivity contribution in [2.24, 2.45) is 0 Å². The molecular formula is C12H9BrClN3. The summed E-state index contributed by atoms with van der Waals surface area (Å²) in [4.78, 5) is 0. The zero-order chi connectivity index (χ0) is 12.4. The second-order valence-corrected chi connectivity index (χ2v) is 4.72. The number of rotatable bonds is 1. The topological polar surface area (TPSA) is 52.6 Å². The number of nitrogens with one attached hydrogen (secondary N) is 2. The van der Waals surface area contributed by atoms with Crippen LogP contribution in [0.4, 0.5) is 0 Å². The molecule has 0 unspecified atom stereocenters. The highest BCUT2D eigenvalue weighted by molar-refractivity contribution is 9.10. The van der Waals surface area contributed by atoms with E-state index in [9.17, 15) is 0 Å². The van der Waals surface area contributed by atoms with Crippen molar-refractivity contribution in [3.63, 3.8) is 0 Å². The maximum atomic E-state index is 8.10. The number of benzene rings is 1. The van der Waals surface area contributed by atoms with Crippen LogP contribution >= 0.6 is 27.5 Å². The van der Waals surface area contributed by atoms with Crippen molar-refractivity contribution >= 4 is 33.4 Å². The van der Waals surface area contributed by atoms with E-state index in [1.165, 1.54) is 4.57 Å². The smallest absolute Gasteiger partial charge is 0.139 e. The van der Waals surface area contributed by atoms with Crippen molar-refractivity contribution < 1.29 is 0 Å². The Hall–Kier alpha value is -1.39. The highest BCUT2D eigenvalue weighted by atomic mass is 79.9. The molecule has 0 saturated carbocycles. The Morgan fingerprint density at radius 1 is 1.24 bits per heavy atom. The molecule has 5 heteroatoms. The molecule has 0 aliphatic carbocycles. The molecule has 0 fully saturated rings. The number of nitrogens with zero attached hydrogens (tertiary/aromatic N) is 1. The number of hydrogen-bond donors (Lipinski definition) is 2. The van der Waals surface area contributed by atoms with E-state index in [0.717, 1.165) is 4.47 Å². The lowest BCUT2D eigenvalue weighted by atomic mass is 10.2. The van der Waals surface area contributed by atoms with Gasteiger partial charge in [0.25, 0.3) is 0 Å². The Balaban J connectivity index is 2.55. The summed E-state index contributed by atoms with van der Waals surface area (Å²) in [5.74, 6) is 0.213.